The summed E-state index contributed by atoms with van der Waals surface area (Å²) in [5, 5.41) is 1.11. The molecule has 0 aliphatic heterocycles. The number of nitrogens with zero attached hydrogens (tertiary/aromatic N) is 2. The van der Waals surface area contributed by atoms with Crippen LogP contribution in [0, 0.1) is 0 Å². The summed E-state index contributed by atoms with van der Waals surface area (Å²) in [6, 6.07) is 18.4. The van der Waals surface area contributed by atoms with Crippen molar-refractivity contribution in [3.05, 3.63) is 65.2 Å². The molecule has 0 bridgehead atoms. The molecule has 3 aromatic rings. The number of benzene rings is 2. The molecule has 3 rings (SSSR count). The van der Waals surface area contributed by atoms with Gasteiger partial charge in [0, 0.05) is 13.5 Å². The third-order valence-corrected chi connectivity index (χ3v) is 5.47. The first kappa shape index (κ1) is 16.7. The highest BCUT2D eigenvalue weighted by atomic mass is 32.1. The predicted octanol–water partition coefficient (Wildman–Crippen LogP) is 4.84. The molecular weight excluding hydrogens is 316 g/mol. The van der Waals surface area contributed by atoms with Crippen LogP contribution in [-0.2, 0) is 11.2 Å². The van der Waals surface area contributed by atoms with Crippen molar-refractivity contribution in [2.24, 2.45) is 0 Å². The number of fused-ring (bicyclic) bond motifs is 1. The number of amides is 1. The zero-order valence-electron chi connectivity index (χ0n) is 14.1. The molecule has 1 atom stereocenters. The second-order valence-corrected chi connectivity index (χ2v) is 7.14. The number of rotatable bonds is 6. The van der Waals surface area contributed by atoms with Gasteiger partial charge in [-0.3, -0.25) is 4.79 Å². The van der Waals surface area contributed by atoms with Gasteiger partial charge in [-0.1, -0.05) is 42.5 Å². The Morgan fingerprint density at radius 1 is 1.12 bits per heavy atom. The average Bonchev–Trinajstić information content (AvgIpc) is 3.03. The normalized spacial score (nSPS) is 12.2. The van der Waals surface area contributed by atoms with Crippen LogP contribution in [0.2, 0.25) is 0 Å². The fourth-order valence-electron chi connectivity index (χ4n) is 2.77. The Labute approximate surface area is 147 Å². The third kappa shape index (κ3) is 3.82. The van der Waals surface area contributed by atoms with Gasteiger partial charge in [0.15, 0.2) is 0 Å². The van der Waals surface area contributed by atoms with Crippen molar-refractivity contribution >= 4 is 27.5 Å². The standard InChI is InChI=1S/C20H22N2OS/c1-15(16-9-4-3-5-10-16)22(2)20(23)14-8-13-19-21-17-11-6-7-12-18(17)24-19/h3-7,9-12,15H,8,13-14H2,1-2H3. The van der Waals surface area contributed by atoms with E-state index in [0.717, 1.165) is 23.4 Å². The van der Waals surface area contributed by atoms with Gasteiger partial charge in [-0.05, 0) is 37.5 Å². The van der Waals surface area contributed by atoms with E-state index in [9.17, 15) is 4.79 Å². The number of para-hydroxylation sites is 1. The lowest BCUT2D eigenvalue weighted by molar-refractivity contribution is -0.131. The van der Waals surface area contributed by atoms with Crippen LogP contribution < -0.4 is 0 Å². The van der Waals surface area contributed by atoms with E-state index in [1.54, 1.807) is 11.3 Å². The van der Waals surface area contributed by atoms with Gasteiger partial charge in [-0.25, -0.2) is 4.98 Å². The summed E-state index contributed by atoms with van der Waals surface area (Å²) in [5.41, 5.74) is 2.22. The van der Waals surface area contributed by atoms with Crippen LogP contribution in [0.25, 0.3) is 10.2 Å². The van der Waals surface area contributed by atoms with Crippen LogP contribution in [0.1, 0.15) is 36.4 Å². The molecule has 1 aromatic heterocycles. The van der Waals surface area contributed by atoms with Crippen LogP contribution in [0.5, 0.6) is 0 Å². The van der Waals surface area contributed by atoms with E-state index in [4.69, 9.17) is 0 Å². The number of aromatic nitrogens is 1. The second kappa shape index (κ2) is 7.58. The summed E-state index contributed by atoms with van der Waals surface area (Å²) in [6.07, 6.45) is 2.26. The molecule has 0 radical (unpaired) electrons. The van der Waals surface area contributed by atoms with E-state index in [1.807, 2.05) is 48.3 Å². The van der Waals surface area contributed by atoms with Crippen LogP contribution in [0.15, 0.2) is 54.6 Å². The fourth-order valence-corrected chi connectivity index (χ4v) is 3.77. The first-order valence-electron chi connectivity index (χ1n) is 8.30. The number of carbonyl (C=O) groups is 1. The molecular formula is C20H22N2OS. The summed E-state index contributed by atoms with van der Waals surface area (Å²) >= 11 is 1.72. The fraction of sp³-hybridized carbons (Fsp3) is 0.300. The highest BCUT2D eigenvalue weighted by Gasteiger charge is 2.17. The highest BCUT2D eigenvalue weighted by Crippen LogP contribution is 2.23. The molecule has 1 amide bonds. The molecule has 3 nitrogen and oxygen atoms in total. The van der Waals surface area contributed by atoms with Gasteiger partial charge in [0.2, 0.25) is 5.91 Å². The molecule has 0 saturated carbocycles. The lowest BCUT2D eigenvalue weighted by Gasteiger charge is -2.25. The van der Waals surface area contributed by atoms with Crippen molar-refractivity contribution in [1.29, 1.82) is 0 Å². The number of carbonyl (C=O) groups excluding carboxylic acids is 1. The van der Waals surface area contributed by atoms with Crippen molar-refractivity contribution in [3.63, 3.8) is 0 Å². The molecule has 0 saturated heterocycles. The molecule has 0 fully saturated rings. The highest BCUT2D eigenvalue weighted by molar-refractivity contribution is 7.18. The number of aryl methyl sites for hydroxylation is 1. The maximum Gasteiger partial charge on any atom is 0.222 e. The van der Waals surface area contributed by atoms with Crippen LogP contribution in [0.4, 0.5) is 0 Å². The SMILES string of the molecule is CC(c1ccccc1)N(C)C(=O)CCCc1nc2ccccc2s1. The first-order chi connectivity index (χ1) is 11.6. The monoisotopic (exact) mass is 338 g/mol. The largest absolute Gasteiger partial charge is 0.339 e. The summed E-state index contributed by atoms with van der Waals surface area (Å²) in [6.45, 7) is 2.07. The molecule has 0 spiro atoms. The summed E-state index contributed by atoms with van der Waals surface area (Å²) in [7, 11) is 1.89. The van der Waals surface area contributed by atoms with E-state index in [2.05, 4.69) is 30.1 Å². The molecule has 2 aromatic carbocycles. The number of hydrogen-bond donors (Lipinski definition) is 0. The van der Waals surface area contributed by atoms with Crippen LogP contribution in [-0.4, -0.2) is 22.8 Å². The zero-order chi connectivity index (χ0) is 16.9. The molecule has 4 heteroatoms. The molecule has 0 aliphatic rings. The Bertz CT molecular complexity index is 780. The van der Waals surface area contributed by atoms with Crippen molar-refractivity contribution in [2.45, 2.75) is 32.2 Å². The lowest BCUT2D eigenvalue weighted by atomic mass is 10.1. The Morgan fingerprint density at radius 3 is 2.58 bits per heavy atom. The minimum Gasteiger partial charge on any atom is -0.339 e. The van der Waals surface area contributed by atoms with E-state index < -0.39 is 0 Å². The number of thiazole rings is 1. The van der Waals surface area contributed by atoms with Crippen LogP contribution >= 0.6 is 11.3 Å². The third-order valence-electron chi connectivity index (χ3n) is 4.38. The van der Waals surface area contributed by atoms with Gasteiger partial charge in [-0.15, -0.1) is 11.3 Å². The lowest BCUT2D eigenvalue weighted by Crippen LogP contribution is -2.29. The van der Waals surface area contributed by atoms with E-state index in [0.29, 0.717) is 6.42 Å². The zero-order valence-corrected chi connectivity index (χ0v) is 14.9. The summed E-state index contributed by atoms with van der Waals surface area (Å²) < 4.78 is 1.22. The van der Waals surface area contributed by atoms with Crippen molar-refractivity contribution in [2.75, 3.05) is 7.05 Å². The Balaban J connectivity index is 1.53. The van der Waals surface area contributed by atoms with Gasteiger partial charge < -0.3 is 4.90 Å². The quantitative estimate of drug-likeness (QED) is 0.644. The van der Waals surface area contributed by atoms with E-state index in [1.165, 1.54) is 10.3 Å². The molecule has 0 N–H and O–H groups in total. The van der Waals surface area contributed by atoms with Crippen molar-refractivity contribution in [1.82, 2.24) is 9.88 Å². The molecule has 24 heavy (non-hydrogen) atoms. The van der Waals surface area contributed by atoms with Crippen LogP contribution in [0.3, 0.4) is 0 Å². The summed E-state index contributed by atoms with van der Waals surface area (Å²) in [4.78, 5) is 18.9. The first-order valence-corrected chi connectivity index (χ1v) is 9.12. The smallest absolute Gasteiger partial charge is 0.222 e. The second-order valence-electron chi connectivity index (χ2n) is 6.02. The molecule has 124 valence electrons. The minimum absolute atomic E-state index is 0.0983. The maximum absolute atomic E-state index is 12.4. The van der Waals surface area contributed by atoms with Gasteiger partial charge in [0.05, 0.1) is 21.3 Å². The Morgan fingerprint density at radius 2 is 1.83 bits per heavy atom. The average molecular weight is 338 g/mol. The summed E-state index contributed by atoms with van der Waals surface area (Å²) in [5.74, 6) is 0.187. The van der Waals surface area contributed by atoms with Gasteiger partial charge in [-0.2, -0.15) is 0 Å². The topological polar surface area (TPSA) is 33.2 Å². The van der Waals surface area contributed by atoms with Gasteiger partial charge in [0.25, 0.3) is 0 Å². The Kier molecular flexibility index (Phi) is 5.26. The Hall–Kier alpha value is -2.20. The molecule has 0 aliphatic carbocycles. The van der Waals surface area contributed by atoms with Gasteiger partial charge in [0.1, 0.15) is 0 Å². The molecule has 1 unspecified atom stereocenters. The number of hydrogen-bond acceptors (Lipinski definition) is 3. The van der Waals surface area contributed by atoms with Crippen molar-refractivity contribution < 1.29 is 4.79 Å². The van der Waals surface area contributed by atoms with Gasteiger partial charge >= 0.3 is 0 Å². The van der Waals surface area contributed by atoms with E-state index >= 15 is 0 Å². The molecule has 1 heterocycles. The van der Waals surface area contributed by atoms with Crippen molar-refractivity contribution in [3.8, 4) is 0 Å². The maximum atomic E-state index is 12.4. The predicted molar refractivity (Wildman–Crippen MR) is 100 cm³/mol. The van der Waals surface area contributed by atoms with E-state index in [-0.39, 0.29) is 11.9 Å². The minimum atomic E-state index is 0.0983.